The van der Waals surface area contributed by atoms with Crippen LogP contribution in [0.3, 0.4) is 0 Å². The first-order valence-electron chi connectivity index (χ1n) is 11.7. The molecule has 206 valence electrons. The van der Waals surface area contributed by atoms with Gasteiger partial charge >= 0.3 is 16.1 Å². The second-order valence-corrected chi connectivity index (χ2v) is 9.99. The molecule has 0 saturated carbocycles. The fourth-order valence-corrected chi connectivity index (χ4v) is 4.71. The number of aryl methyl sites for hydroxylation is 1. The maximum absolute atomic E-state index is 13.8. The molecule has 2 N–H and O–H groups in total. The van der Waals surface area contributed by atoms with E-state index in [0.29, 0.717) is 0 Å². The summed E-state index contributed by atoms with van der Waals surface area (Å²) in [6.45, 7) is 1.50. The summed E-state index contributed by atoms with van der Waals surface area (Å²) in [6, 6.07) is 12.2. The predicted molar refractivity (Wildman–Crippen MR) is 141 cm³/mol. The molecule has 2 amide bonds. The first-order valence-corrected chi connectivity index (χ1v) is 13.1. The number of esters is 1. The Morgan fingerprint density at radius 3 is 2.40 bits per heavy atom. The molecule has 4 rings (SSSR count). The number of benzene rings is 2. The van der Waals surface area contributed by atoms with Crippen LogP contribution in [0, 0.1) is 12.7 Å². The van der Waals surface area contributed by atoms with E-state index in [1.165, 1.54) is 43.6 Å². The molecule has 0 aliphatic heterocycles. The quantitative estimate of drug-likeness (QED) is 0.242. The van der Waals surface area contributed by atoms with Crippen molar-refractivity contribution in [1.82, 2.24) is 20.6 Å². The summed E-state index contributed by atoms with van der Waals surface area (Å²) in [5, 5.41) is 4.99. The third-order valence-electron chi connectivity index (χ3n) is 5.80. The normalized spacial score (nSPS) is 11.1. The Balaban J connectivity index is 1.82. The molecule has 0 saturated heterocycles. The van der Waals surface area contributed by atoms with Gasteiger partial charge in [0.05, 0.1) is 7.11 Å². The van der Waals surface area contributed by atoms with Gasteiger partial charge in [0.1, 0.15) is 16.2 Å². The molecule has 2 heterocycles. The lowest BCUT2D eigenvalue weighted by Crippen LogP contribution is -2.28. The largest absolute Gasteiger partial charge is 0.464 e. The van der Waals surface area contributed by atoms with Crippen LogP contribution in [0.1, 0.15) is 42.5 Å². The number of fused-ring (bicyclic) bond motifs is 1. The number of ether oxygens (including phenoxy) is 1. The number of hydrogen-bond acceptors (Lipinski definition) is 9. The third-order valence-corrected chi connectivity index (χ3v) is 7.03. The summed E-state index contributed by atoms with van der Waals surface area (Å²) in [6.07, 6.45) is 1.32. The molecule has 11 nitrogen and oxygen atoms in total. The van der Waals surface area contributed by atoms with E-state index in [1.807, 2.05) is 0 Å². The number of methoxy groups -OCH3 is 1. The van der Waals surface area contributed by atoms with Crippen molar-refractivity contribution in [2.24, 2.45) is 0 Å². The molecular weight excluding hydrogens is 543 g/mol. The zero-order valence-electron chi connectivity index (χ0n) is 21.5. The lowest BCUT2D eigenvalue weighted by atomic mass is 10.1. The van der Waals surface area contributed by atoms with Crippen molar-refractivity contribution in [3.05, 3.63) is 94.7 Å². The third kappa shape index (κ3) is 5.73. The van der Waals surface area contributed by atoms with Crippen molar-refractivity contribution in [3.8, 4) is 5.75 Å². The van der Waals surface area contributed by atoms with E-state index in [9.17, 15) is 27.2 Å². The van der Waals surface area contributed by atoms with E-state index in [2.05, 4.69) is 20.6 Å². The molecule has 0 spiro atoms. The molecule has 0 unspecified atom stereocenters. The average Bonchev–Trinajstić information content (AvgIpc) is 2.95. The minimum absolute atomic E-state index is 0.0235. The van der Waals surface area contributed by atoms with Gasteiger partial charge in [0.25, 0.3) is 11.8 Å². The van der Waals surface area contributed by atoms with Crippen molar-refractivity contribution >= 4 is 38.8 Å². The van der Waals surface area contributed by atoms with Gasteiger partial charge in [-0.15, -0.1) is 0 Å². The van der Waals surface area contributed by atoms with Crippen molar-refractivity contribution in [2.45, 2.75) is 18.4 Å². The summed E-state index contributed by atoms with van der Waals surface area (Å²) in [7, 11) is -1.99. The molecule has 0 aliphatic rings. The van der Waals surface area contributed by atoms with Crippen LogP contribution in [-0.4, -0.2) is 50.3 Å². The number of nitrogens with zero attached hydrogens (tertiary/aromatic N) is 2. The lowest BCUT2D eigenvalue weighted by molar-refractivity contribution is 0.0596. The summed E-state index contributed by atoms with van der Waals surface area (Å²) < 4.78 is 50.4. The summed E-state index contributed by atoms with van der Waals surface area (Å²) in [5.41, 5.74) is 0.0360. The number of carbonyl (C=O) groups excluding carboxylic acids is 3. The van der Waals surface area contributed by atoms with Crippen LogP contribution in [-0.2, 0) is 21.4 Å². The number of pyridine rings is 2. The number of hydrogen-bond donors (Lipinski definition) is 2. The topological polar surface area (TPSA) is 154 Å². The minimum atomic E-state index is -4.48. The molecule has 0 atom stereocenters. The van der Waals surface area contributed by atoms with Gasteiger partial charge in [0.15, 0.2) is 11.4 Å². The van der Waals surface area contributed by atoms with Crippen LogP contribution in [0.2, 0.25) is 0 Å². The molecule has 2 aromatic carbocycles. The molecular formula is C27H23FN4O7S. The second kappa shape index (κ2) is 11.5. The fourth-order valence-electron chi connectivity index (χ4n) is 3.77. The Morgan fingerprint density at radius 2 is 1.73 bits per heavy atom. The predicted octanol–water partition coefficient (Wildman–Crippen LogP) is 2.92. The SMILES string of the molecule is CNC(=O)c1cc(F)ccc1CNC(=O)c1nc(C(=O)OC)c2cccnc2c1OS(=O)(=O)c1ccc(C)cc1. The highest BCUT2D eigenvalue weighted by Gasteiger charge is 2.29. The van der Waals surface area contributed by atoms with Crippen LogP contribution in [0.5, 0.6) is 5.75 Å². The van der Waals surface area contributed by atoms with Gasteiger partial charge in [-0.25, -0.2) is 14.2 Å². The molecule has 2 aromatic heterocycles. The summed E-state index contributed by atoms with van der Waals surface area (Å²) >= 11 is 0. The van der Waals surface area contributed by atoms with E-state index in [4.69, 9.17) is 8.92 Å². The molecule has 4 aromatic rings. The Kier molecular flexibility index (Phi) is 8.05. The zero-order valence-corrected chi connectivity index (χ0v) is 22.3. The van der Waals surface area contributed by atoms with Crippen molar-refractivity contribution < 1.29 is 36.1 Å². The minimum Gasteiger partial charge on any atom is -0.464 e. The maximum Gasteiger partial charge on any atom is 0.357 e. The van der Waals surface area contributed by atoms with Crippen LogP contribution in [0.15, 0.2) is 65.7 Å². The molecule has 0 fully saturated rings. The molecule has 0 aliphatic carbocycles. The van der Waals surface area contributed by atoms with Gasteiger partial charge < -0.3 is 19.6 Å². The highest BCUT2D eigenvalue weighted by atomic mass is 32.2. The van der Waals surface area contributed by atoms with Crippen LogP contribution < -0.4 is 14.8 Å². The maximum atomic E-state index is 13.8. The van der Waals surface area contributed by atoms with E-state index in [0.717, 1.165) is 24.8 Å². The van der Waals surface area contributed by atoms with Gasteiger partial charge in [-0.05, 0) is 48.9 Å². The van der Waals surface area contributed by atoms with Crippen molar-refractivity contribution in [2.75, 3.05) is 14.2 Å². The standard InChI is InChI=1S/C27H23FN4O7S/c1-15-6-10-18(11-7-15)40(36,37)39-24-21-19(5-4-12-30-21)22(27(35)38-3)32-23(24)26(34)31-14-16-8-9-17(28)13-20(16)25(33)29-2/h4-13H,14H2,1-3H3,(H,29,33)(H,31,34). The van der Waals surface area contributed by atoms with Gasteiger partial charge in [-0.2, -0.15) is 8.42 Å². The van der Waals surface area contributed by atoms with Crippen LogP contribution >= 0.6 is 0 Å². The van der Waals surface area contributed by atoms with Gasteiger partial charge in [-0.3, -0.25) is 14.6 Å². The van der Waals surface area contributed by atoms with E-state index < -0.39 is 45.2 Å². The molecule has 0 radical (unpaired) electrons. The van der Waals surface area contributed by atoms with Gasteiger partial charge in [-0.1, -0.05) is 23.8 Å². The van der Waals surface area contributed by atoms with Crippen LogP contribution in [0.25, 0.3) is 10.9 Å². The Labute approximate surface area is 228 Å². The highest BCUT2D eigenvalue weighted by molar-refractivity contribution is 7.87. The van der Waals surface area contributed by atoms with Gasteiger partial charge in [0, 0.05) is 30.7 Å². The van der Waals surface area contributed by atoms with E-state index in [-0.39, 0.29) is 39.2 Å². The summed E-state index contributed by atoms with van der Waals surface area (Å²) in [4.78, 5) is 46.3. The first-order chi connectivity index (χ1) is 19.1. The zero-order chi connectivity index (χ0) is 29.0. The number of nitrogens with one attached hydrogen (secondary N) is 2. The van der Waals surface area contributed by atoms with E-state index in [1.54, 1.807) is 19.1 Å². The molecule has 13 heteroatoms. The first kappa shape index (κ1) is 28.1. The average molecular weight is 567 g/mol. The number of amides is 2. The number of aromatic nitrogens is 2. The smallest absolute Gasteiger partial charge is 0.357 e. The Bertz CT molecular complexity index is 1740. The number of rotatable bonds is 8. The van der Waals surface area contributed by atoms with Crippen LogP contribution in [0.4, 0.5) is 4.39 Å². The molecule has 40 heavy (non-hydrogen) atoms. The number of carbonyl (C=O) groups is 3. The monoisotopic (exact) mass is 566 g/mol. The van der Waals surface area contributed by atoms with E-state index >= 15 is 0 Å². The van der Waals surface area contributed by atoms with Crippen molar-refractivity contribution in [1.29, 1.82) is 0 Å². The number of halogens is 1. The van der Waals surface area contributed by atoms with Crippen molar-refractivity contribution in [3.63, 3.8) is 0 Å². The molecule has 0 bridgehead atoms. The summed E-state index contributed by atoms with van der Waals surface area (Å²) in [5.74, 6) is -3.62. The second-order valence-electron chi connectivity index (χ2n) is 8.44. The Hall–Kier alpha value is -4.91. The van der Waals surface area contributed by atoms with Gasteiger partial charge in [0.2, 0.25) is 5.75 Å². The fraction of sp³-hybridized carbons (Fsp3) is 0.148. The highest BCUT2D eigenvalue weighted by Crippen LogP contribution is 2.32. The Morgan fingerprint density at radius 1 is 1.00 bits per heavy atom. The lowest BCUT2D eigenvalue weighted by Gasteiger charge is -2.15.